The fourth-order valence-corrected chi connectivity index (χ4v) is 1.82. The molecule has 0 amide bonds. The van der Waals surface area contributed by atoms with E-state index in [1.807, 2.05) is 13.8 Å². The Balaban J connectivity index is 0.000000406. The van der Waals surface area contributed by atoms with Gasteiger partial charge in [0.15, 0.2) is 17.3 Å². The molecule has 22 heavy (non-hydrogen) atoms. The fourth-order valence-electron chi connectivity index (χ4n) is 1.82. The van der Waals surface area contributed by atoms with Crippen molar-refractivity contribution in [2.45, 2.75) is 51.4 Å². The van der Waals surface area contributed by atoms with Crippen molar-refractivity contribution in [2.75, 3.05) is 13.2 Å². The molecule has 8 nitrogen and oxygen atoms in total. The zero-order valence-electron chi connectivity index (χ0n) is 12.7. The number of Topliss-reactive ketones (excluding diaryl/α,β-unsaturated/α-hetero) is 3. The largest absolute Gasteiger partial charge is 0.394 e. The molecule has 1 fully saturated rings. The van der Waals surface area contributed by atoms with E-state index in [0.29, 0.717) is 12.8 Å². The zero-order valence-corrected chi connectivity index (χ0v) is 12.7. The first-order valence-electron chi connectivity index (χ1n) is 6.90. The fraction of sp³-hybridized carbons (Fsp3) is 0.786. The number of hydrogen-bond acceptors (Lipinski definition) is 8. The van der Waals surface area contributed by atoms with E-state index in [1.54, 1.807) is 0 Å². The molecule has 0 aromatic heterocycles. The molecular formula is C14H24O8. The molecule has 0 aromatic carbocycles. The monoisotopic (exact) mass is 320 g/mol. The van der Waals surface area contributed by atoms with Crippen LogP contribution in [0.4, 0.5) is 0 Å². The summed E-state index contributed by atoms with van der Waals surface area (Å²) in [5, 5.41) is 43.1. The molecule has 1 saturated carbocycles. The Hall–Kier alpha value is -1.19. The SMILES string of the molecule is CC1(C)CCC(=O)C(=O)C1.O=C(CO)[C@H](O)[C@@H](O)[C@H](O)CO. The number of aliphatic hydroxyl groups excluding tert-OH is 5. The smallest absolute Gasteiger partial charge is 0.198 e. The molecule has 5 N–H and O–H groups in total. The van der Waals surface area contributed by atoms with E-state index in [-0.39, 0.29) is 17.0 Å². The minimum absolute atomic E-state index is 0.0605. The summed E-state index contributed by atoms with van der Waals surface area (Å²) in [6.07, 6.45) is -3.47. The standard InChI is InChI=1S/C8H12O2.C6H12O6/c1-8(2)4-3-6(9)7(10)5-8;7-1-3(9)5(11)6(12)4(10)2-8/h3-5H2,1-2H3;3,5-9,11-12H,1-2H2/t;3-,5+,6+/m.1/s1. The van der Waals surface area contributed by atoms with Crippen LogP contribution >= 0.6 is 0 Å². The van der Waals surface area contributed by atoms with E-state index in [9.17, 15) is 14.4 Å². The summed E-state index contributed by atoms with van der Waals surface area (Å²) in [5.74, 6) is -1.37. The van der Waals surface area contributed by atoms with Crippen LogP contribution in [0.25, 0.3) is 0 Å². The maximum Gasteiger partial charge on any atom is 0.198 e. The molecular weight excluding hydrogens is 296 g/mol. The van der Waals surface area contributed by atoms with Crippen molar-refractivity contribution < 1.29 is 39.9 Å². The molecule has 0 heterocycles. The molecule has 0 bridgehead atoms. The Morgan fingerprint density at radius 3 is 2.05 bits per heavy atom. The van der Waals surface area contributed by atoms with Gasteiger partial charge in [-0.2, -0.15) is 0 Å². The number of ketones is 3. The lowest BCUT2D eigenvalue weighted by Crippen LogP contribution is -2.44. The number of aliphatic hydroxyl groups is 5. The van der Waals surface area contributed by atoms with Crippen molar-refractivity contribution in [3.63, 3.8) is 0 Å². The summed E-state index contributed by atoms with van der Waals surface area (Å²) in [5.41, 5.74) is 0.0605. The summed E-state index contributed by atoms with van der Waals surface area (Å²) in [7, 11) is 0. The minimum atomic E-state index is -1.86. The van der Waals surface area contributed by atoms with Gasteiger partial charge in [-0.3, -0.25) is 14.4 Å². The summed E-state index contributed by atoms with van der Waals surface area (Å²) < 4.78 is 0. The highest BCUT2D eigenvalue weighted by molar-refractivity contribution is 6.37. The summed E-state index contributed by atoms with van der Waals surface area (Å²) in [4.78, 5) is 32.1. The van der Waals surface area contributed by atoms with Gasteiger partial charge in [-0.25, -0.2) is 0 Å². The lowest BCUT2D eigenvalue weighted by molar-refractivity contribution is -0.142. The van der Waals surface area contributed by atoms with Crippen molar-refractivity contribution in [1.29, 1.82) is 0 Å². The normalized spacial score (nSPS) is 21.4. The molecule has 0 aliphatic heterocycles. The van der Waals surface area contributed by atoms with Gasteiger partial charge in [-0.05, 0) is 11.8 Å². The van der Waals surface area contributed by atoms with Crippen LogP contribution in [0.5, 0.6) is 0 Å². The van der Waals surface area contributed by atoms with Gasteiger partial charge in [-0.15, -0.1) is 0 Å². The van der Waals surface area contributed by atoms with Gasteiger partial charge in [0.2, 0.25) is 0 Å². The molecule has 3 atom stereocenters. The van der Waals surface area contributed by atoms with Crippen LogP contribution in [0.1, 0.15) is 33.1 Å². The maximum atomic E-state index is 10.9. The van der Waals surface area contributed by atoms with Crippen LogP contribution in [-0.2, 0) is 14.4 Å². The maximum absolute atomic E-state index is 10.9. The Labute approximate surface area is 128 Å². The van der Waals surface area contributed by atoms with Gasteiger partial charge in [0.05, 0.1) is 6.61 Å². The second-order valence-electron chi connectivity index (χ2n) is 6.00. The van der Waals surface area contributed by atoms with Crippen molar-refractivity contribution in [1.82, 2.24) is 0 Å². The molecule has 0 aromatic rings. The van der Waals surface area contributed by atoms with Crippen molar-refractivity contribution in [3.05, 3.63) is 0 Å². The van der Waals surface area contributed by atoms with Gasteiger partial charge in [0.1, 0.15) is 24.9 Å². The van der Waals surface area contributed by atoms with E-state index in [0.717, 1.165) is 6.42 Å². The zero-order chi connectivity index (χ0) is 17.5. The van der Waals surface area contributed by atoms with Gasteiger partial charge in [0.25, 0.3) is 0 Å². The Kier molecular flexibility index (Phi) is 8.57. The first-order chi connectivity index (χ1) is 10.1. The number of carbonyl (C=O) groups excluding carboxylic acids is 3. The van der Waals surface area contributed by atoms with Crippen LogP contribution in [0.15, 0.2) is 0 Å². The molecule has 0 radical (unpaired) electrons. The Morgan fingerprint density at radius 2 is 1.68 bits per heavy atom. The molecule has 1 rings (SSSR count). The van der Waals surface area contributed by atoms with E-state index >= 15 is 0 Å². The third-order valence-corrected chi connectivity index (χ3v) is 3.37. The number of rotatable bonds is 5. The Bertz CT molecular complexity index is 404. The van der Waals surface area contributed by atoms with Crippen molar-refractivity contribution >= 4 is 17.3 Å². The topological polar surface area (TPSA) is 152 Å². The predicted octanol–water partition coefficient (Wildman–Crippen LogP) is -2.04. The second kappa shape index (κ2) is 9.06. The molecule has 0 saturated heterocycles. The van der Waals surface area contributed by atoms with E-state index in [1.165, 1.54) is 0 Å². The average molecular weight is 320 g/mol. The van der Waals surface area contributed by atoms with Gasteiger partial charge < -0.3 is 25.5 Å². The summed E-state index contributed by atoms with van der Waals surface area (Å²) in [6.45, 7) is 2.36. The van der Waals surface area contributed by atoms with Crippen LogP contribution in [0.2, 0.25) is 0 Å². The van der Waals surface area contributed by atoms with E-state index in [4.69, 9.17) is 25.5 Å². The van der Waals surface area contributed by atoms with E-state index < -0.39 is 37.3 Å². The van der Waals surface area contributed by atoms with Crippen LogP contribution < -0.4 is 0 Å². The highest BCUT2D eigenvalue weighted by atomic mass is 16.4. The Morgan fingerprint density at radius 1 is 1.14 bits per heavy atom. The summed E-state index contributed by atoms with van der Waals surface area (Å²) in [6, 6.07) is 0. The quantitative estimate of drug-likeness (QED) is 0.363. The molecule has 0 unspecified atom stereocenters. The third-order valence-electron chi connectivity index (χ3n) is 3.37. The summed E-state index contributed by atoms with van der Waals surface area (Å²) >= 11 is 0. The van der Waals surface area contributed by atoms with Crippen molar-refractivity contribution in [3.8, 4) is 0 Å². The number of carbonyl (C=O) groups is 3. The molecule has 1 aliphatic rings. The highest BCUT2D eigenvalue weighted by Gasteiger charge is 2.31. The molecule has 8 heteroatoms. The van der Waals surface area contributed by atoms with E-state index in [2.05, 4.69) is 0 Å². The molecule has 1 aliphatic carbocycles. The first kappa shape index (κ1) is 20.8. The van der Waals surface area contributed by atoms with Crippen LogP contribution in [0, 0.1) is 5.41 Å². The van der Waals surface area contributed by atoms with Crippen molar-refractivity contribution in [2.24, 2.45) is 5.41 Å². The molecule has 128 valence electrons. The van der Waals surface area contributed by atoms with Gasteiger partial charge >= 0.3 is 0 Å². The second-order valence-corrected chi connectivity index (χ2v) is 6.00. The van der Waals surface area contributed by atoms with Gasteiger partial charge in [-0.1, -0.05) is 13.8 Å². The number of hydrogen-bond donors (Lipinski definition) is 5. The molecule has 0 spiro atoms. The van der Waals surface area contributed by atoms with Crippen LogP contribution in [0.3, 0.4) is 0 Å². The lowest BCUT2D eigenvalue weighted by atomic mass is 9.76. The lowest BCUT2D eigenvalue weighted by Gasteiger charge is -2.26. The first-order valence-corrected chi connectivity index (χ1v) is 6.90. The highest BCUT2D eigenvalue weighted by Crippen LogP contribution is 2.31. The van der Waals surface area contributed by atoms with Gasteiger partial charge in [0, 0.05) is 12.8 Å². The average Bonchev–Trinajstić information content (AvgIpc) is 2.48. The minimum Gasteiger partial charge on any atom is -0.394 e. The third kappa shape index (κ3) is 6.71. The van der Waals surface area contributed by atoms with Crippen LogP contribution in [-0.4, -0.2) is 74.4 Å². The predicted molar refractivity (Wildman–Crippen MR) is 74.8 cm³/mol.